The van der Waals surface area contributed by atoms with Gasteiger partial charge in [0.1, 0.15) is 10.3 Å². The minimum atomic E-state index is -1.01. The zero-order valence-electron chi connectivity index (χ0n) is 19.4. The number of carboxylic acid groups (broad SMARTS) is 1. The van der Waals surface area contributed by atoms with E-state index in [1.165, 1.54) is 70.3 Å². The lowest BCUT2D eigenvalue weighted by molar-refractivity contribution is 0.0690. The van der Waals surface area contributed by atoms with Crippen LogP contribution in [0.3, 0.4) is 0 Å². The molecule has 0 unspecified atom stereocenters. The molecule has 7 nitrogen and oxygen atoms in total. The molecule has 0 radical (unpaired) electrons. The Morgan fingerprint density at radius 1 is 1.16 bits per heavy atom. The Bertz CT molecular complexity index is 795. The topological polar surface area (TPSA) is 101 Å². The fraction of sp³-hybridized carbons (Fsp3) is 0.667. The van der Waals surface area contributed by atoms with Gasteiger partial charge in [-0.2, -0.15) is 4.98 Å². The SMILES string of the molecule is CCCCCCCCCCN[C@@H](CC1CC1)c1noc(C)n1.O=C(O)c1cccc(Br)n1. The first-order valence-electron chi connectivity index (χ1n) is 11.9. The minimum Gasteiger partial charge on any atom is -0.477 e. The van der Waals surface area contributed by atoms with Crippen LogP contribution < -0.4 is 5.32 Å². The van der Waals surface area contributed by atoms with E-state index in [2.05, 4.69) is 43.3 Å². The molecule has 0 bridgehead atoms. The number of carbonyl (C=O) groups is 1. The number of aromatic carboxylic acids is 1. The maximum Gasteiger partial charge on any atom is 0.354 e. The lowest BCUT2D eigenvalue weighted by Crippen LogP contribution is -2.24. The molecule has 1 aliphatic carbocycles. The molecule has 2 heterocycles. The van der Waals surface area contributed by atoms with Crippen molar-refractivity contribution in [3.8, 4) is 0 Å². The van der Waals surface area contributed by atoms with Gasteiger partial charge in [0.15, 0.2) is 5.82 Å². The van der Waals surface area contributed by atoms with Crippen molar-refractivity contribution in [2.75, 3.05) is 6.54 Å². The normalized spacial score (nSPS) is 14.0. The summed E-state index contributed by atoms with van der Waals surface area (Å²) in [5, 5.41) is 16.2. The Hall–Kier alpha value is -1.80. The van der Waals surface area contributed by atoms with Gasteiger partial charge in [0.2, 0.25) is 5.89 Å². The first kappa shape index (κ1) is 26.5. The third-order valence-electron chi connectivity index (χ3n) is 5.48. The molecule has 1 saturated carbocycles. The van der Waals surface area contributed by atoms with E-state index >= 15 is 0 Å². The third kappa shape index (κ3) is 11.2. The quantitative estimate of drug-likeness (QED) is 0.222. The molecule has 3 rings (SSSR count). The van der Waals surface area contributed by atoms with Crippen molar-refractivity contribution in [2.45, 2.75) is 90.5 Å². The number of pyridine rings is 1. The summed E-state index contributed by atoms with van der Waals surface area (Å²) in [4.78, 5) is 18.4. The van der Waals surface area contributed by atoms with E-state index in [9.17, 15) is 4.79 Å². The van der Waals surface area contributed by atoms with Crippen molar-refractivity contribution in [3.63, 3.8) is 0 Å². The predicted octanol–water partition coefficient (Wildman–Crippen LogP) is 6.49. The zero-order valence-corrected chi connectivity index (χ0v) is 20.9. The number of rotatable bonds is 14. The van der Waals surface area contributed by atoms with Gasteiger partial charge in [-0.3, -0.25) is 0 Å². The van der Waals surface area contributed by atoms with Gasteiger partial charge < -0.3 is 14.9 Å². The summed E-state index contributed by atoms with van der Waals surface area (Å²) in [5.74, 6) is 1.38. The highest BCUT2D eigenvalue weighted by atomic mass is 79.9. The van der Waals surface area contributed by atoms with Crippen molar-refractivity contribution in [3.05, 3.63) is 40.2 Å². The summed E-state index contributed by atoms with van der Waals surface area (Å²) in [6, 6.07) is 5.02. The number of hydrogen-bond acceptors (Lipinski definition) is 6. The Morgan fingerprint density at radius 2 is 1.84 bits per heavy atom. The van der Waals surface area contributed by atoms with Crippen LogP contribution in [0.15, 0.2) is 27.3 Å². The third-order valence-corrected chi connectivity index (χ3v) is 5.92. The van der Waals surface area contributed by atoms with Crippen LogP contribution in [0.2, 0.25) is 0 Å². The second-order valence-corrected chi connectivity index (χ2v) is 9.30. The van der Waals surface area contributed by atoms with Gasteiger partial charge in [-0.15, -0.1) is 0 Å². The number of carboxylic acids is 1. The Balaban J connectivity index is 0.000000303. The molecule has 1 fully saturated rings. The molecule has 0 spiro atoms. The molecular weight excluding hydrogens is 472 g/mol. The second kappa shape index (κ2) is 15.1. The molecule has 178 valence electrons. The fourth-order valence-electron chi connectivity index (χ4n) is 3.49. The average molecular weight is 509 g/mol. The van der Waals surface area contributed by atoms with E-state index in [1.807, 2.05) is 6.92 Å². The van der Waals surface area contributed by atoms with Crippen LogP contribution in [0.1, 0.15) is 106 Å². The van der Waals surface area contributed by atoms with Crippen LogP contribution in [-0.4, -0.2) is 32.7 Å². The molecular formula is C24H37BrN4O3. The lowest BCUT2D eigenvalue weighted by atomic mass is 10.1. The molecule has 0 saturated heterocycles. The summed E-state index contributed by atoms with van der Waals surface area (Å²) >= 11 is 3.06. The van der Waals surface area contributed by atoms with Crippen molar-refractivity contribution < 1.29 is 14.4 Å². The van der Waals surface area contributed by atoms with Gasteiger partial charge in [-0.25, -0.2) is 9.78 Å². The largest absolute Gasteiger partial charge is 0.477 e. The van der Waals surface area contributed by atoms with E-state index in [4.69, 9.17) is 9.63 Å². The lowest BCUT2D eigenvalue weighted by Gasteiger charge is -2.14. The number of aryl methyl sites for hydroxylation is 1. The highest BCUT2D eigenvalue weighted by Crippen LogP contribution is 2.37. The molecule has 1 atom stereocenters. The molecule has 2 aromatic heterocycles. The highest BCUT2D eigenvalue weighted by molar-refractivity contribution is 9.10. The number of unbranched alkanes of at least 4 members (excludes halogenated alkanes) is 7. The maximum atomic E-state index is 10.3. The van der Waals surface area contributed by atoms with Crippen molar-refractivity contribution in [2.24, 2.45) is 5.92 Å². The Morgan fingerprint density at radius 3 is 2.38 bits per heavy atom. The van der Waals surface area contributed by atoms with Crippen molar-refractivity contribution in [1.82, 2.24) is 20.4 Å². The molecule has 0 aliphatic heterocycles. The van der Waals surface area contributed by atoms with E-state index in [-0.39, 0.29) is 11.7 Å². The molecule has 8 heteroatoms. The molecule has 32 heavy (non-hydrogen) atoms. The molecule has 2 N–H and O–H groups in total. The van der Waals surface area contributed by atoms with E-state index in [1.54, 1.807) is 12.1 Å². The number of hydrogen-bond donors (Lipinski definition) is 2. The van der Waals surface area contributed by atoms with E-state index in [0.29, 0.717) is 10.5 Å². The van der Waals surface area contributed by atoms with Gasteiger partial charge in [0.05, 0.1) is 6.04 Å². The van der Waals surface area contributed by atoms with Gasteiger partial charge in [-0.05, 0) is 53.4 Å². The zero-order chi connectivity index (χ0) is 23.2. The first-order chi connectivity index (χ1) is 15.5. The number of halogens is 1. The van der Waals surface area contributed by atoms with Crippen molar-refractivity contribution >= 4 is 21.9 Å². The summed E-state index contributed by atoms with van der Waals surface area (Å²) in [5.41, 5.74) is 0.0503. The first-order valence-corrected chi connectivity index (χ1v) is 12.7. The van der Waals surface area contributed by atoms with Gasteiger partial charge >= 0.3 is 5.97 Å². The highest BCUT2D eigenvalue weighted by Gasteiger charge is 2.28. The number of nitrogens with zero attached hydrogens (tertiary/aromatic N) is 3. The van der Waals surface area contributed by atoms with Crippen LogP contribution in [0.4, 0.5) is 0 Å². The Labute approximate surface area is 199 Å². The molecule has 0 aromatic carbocycles. The van der Waals surface area contributed by atoms with Crippen molar-refractivity contribution in [1.29, 1.82) is 0 Å². The fourth-order valence-corrected chi connectivity index (χ4v) is 3.83. The van der Waals surface area contributed by atoms with Crippen LogP contribution in [-0.2, 0) is 0 Å². The van der Waals surface area contributed by atoms with E-state index < -0.39 is 5.97 Å². The Kier molecular flexibility index (Phi) is 12.5. The van der Waals surface area contributed by atoms with E-state index in [0.717, 1.165) is 24.7 Å². The molecule has 0 amide bonds. The summed E-state index contributed by atoms with van der Waals surface area (Å²) in [6.45, 7) is 5.21. The summed E-state index contributed by atoms with van der Waals surface area (Å²) in [7, 11) is 0. The van der Waals surface area contributed by atoms with Crippen LogP contribution in [0, 0.1) is 12.8 Å². The average Bonchev–Trinajstić information content (AvgIpc) is 3.49. The number of aromatic nitrogens is 3. The van der Waals surface area contributed by atoms with Gasteiger partial charge in [-0.1, -0.05) is 75.9 Å². The predicted molar refractivity (Wildman–Crippen MR) is 129 cm³/mol. The van der Waals surface area contributed by atoms with Crippen LogP contribution >= 0.6 is 15.9 Å². The monoisotopic (exact) mass is 508 g/mol. The van der Waals surface area contributed by atoms with Gasteiger partial charge in [0.25, 0.3) is 0 Å². The summed E-state index contributed by atoms with van der Waals surface area (Å²) in [6.07, 6.45) is 14.8. The molecule has 1 aliphatic rings. The standard InChI is InChI=1S/C18H33N3O.C6H4BrNO2/c1-3-4-5-6-7-8-9-10-13-19-17(14-16-11-12-16)18-20-15(2)22-21-18;7-5-3-1-2-4(8-5)6(9)10/h16-17,19H,3-14H2,1-2H3;1-3H,(H,9,10)/t17-;/m0./s1. The number of nitrogens with one attached hydrogen (secondary N) is 1. The van der Waals surface area contributed by atoms with Crippen LogP contribution in [0.25, 0.3) is 0 Å². The molecule has 2 aromatic rings. The summed E-state index contributed by atoms with van der Waals surface area (Å²) < 4.78 is 5.67. The minimum absolute atomic E-state index is 0.0503. The maximum absolute atomic E-state index is 10.3. The smallest absolute Gasteiger partial charge is 0.354 e. The van der Waals surface area contributed by atoms with Crippen LogP contribution in [0.5, 0.6) is 0 Å². The second-order valence-electron chi connectivity index (χ2n) is 8.48. The van der Waals surface area contributed by atoms with Gasteiger partial charge in [0, 0.05) is 6.92 Å².